The number of benzene rings is 1. The van der Waals surface area contributed by atoms with Gasteiger partial charge in [0, 0.05) is 13.1 Å². The van der Waals surface area contributed by atoms with Crippen molar-refractivity contribution in [2.24, 2.45) is 7.05 Å². The van der Waals surface area contributed by atoms with Crippen LogP contribution in [-0.2, 0) is 13.7 Å². The van der Waals surface area contributed by atoms with Gasteiger partial charge in [-0.1, -0.05) is 17.7 Å². The molecule has 1 atom stereocenters. The monoisotopic (exact) mass is 311 g/mol. The van der Waals surface area contributed by atoms with Crippen molar-refractivity contribution in [3.63, 3.8) is 0 Å². The number of rotatable bonds is 5. The highest BCUT2D eigenvalue weighted by molar-refractivity contribution is 6.31. The normalized spacial score (nSPS) is 12.5. The summed E-state index contributed by atoms with van der Waals surface area (Å²) in [6.07, 6.45) is 0. The average molecular weight is 312 g/mol. The first-order valence-electron chi connectivity index (χ1n) is 6.71. The van der Waals surface area contributed by atoms with Crippen LogP contribution < -0.4 is 10.1 Å². The van der Waals surface area contributed by atoms with Crippen LogP contribution >= 0.6 is 11.6 Å². The molecule has 114 valence electrons. The molecule has 1 aromatic heterocycles. The summed E-state index contributed by atoms with van der Waals surface area (Å²) in [7, 11) is 3.62. The average Bonchev–Trinajstić information content (AvgIpc) is 2.70. The molecule has 0 radical (unpaired) electrons. The number of hydrogen-bond acceptors (Lipinski definition) is 3. The van der Waals surface area contributed by atoms with E-state index in [-0.39, 0.29) is 24.2 Å². The van der Waals surface area contributed by atoms with Crippen LogP contribution in [0.4, 0.5) is 4.39 Å². The summed E-state index contributed by atoms with van der Waals surface area (Å²) >= 11 is 6.14. The summed E-state index contributed by atoms with van der Waals surface area (Å²) < 4.78 is 21.2. The lowest BCUT2D eigenvalue weighted by Gasteiger charge is -2.13. The van der Waals surface area contributed by atoms with Crippen LogP contribution in [0.3, 0.4) is 0 Å². The van der Waals surface area contributed by atoms with Gasteiger partial charge >= 0.3 is 0 Å². The second-order valence-electron chi connectivity index (χ2n) is 4.96. The third kappa shape index (κ3) is 3.36. The second kappa shape index (κ2) is 6.45. The molecule has 0 aliphatic rings. The molecule has 6 heteroatoms. The minimum absolute atomic E-state index is 0.0858. The SMILES string of the molecule is CNC(C)c1ccc(OCc2c(Cl)c(C)nn2C)c(F)c1. The number of aryl methyl sites for hydroxylation is 2. The summed E-state index contributed by atoms with van der Waals surface area (Å²) in [4.78, 5) is 0. The molecule has 0 aliphatic heterocycles. The zero-order valence-corrected chi connectivity index (χ0v) is 13.3. The summed E-state index contributed by atoms with van der Waals surface area (Å²) in [5, 5.41) is 7.82. The fourth-order valence-corrected chi connectivity index (χ4v) is 2.27. The molecule has 0 spiro atoms. The van der Waals surface area contributed by atoms with Gasteiger partial charge < -0.3 is 10.1 Å². The van der Waals surface area contributed by atoms with Crippen molar-refractivity contribution in [2.75, 3.05) is 7.05 Å². The number of nitrogens with zero attached hydrogens (tertiary/aromatic N) is 2. The predicted octanol–water partition coefficient (Wildman–Crippen LogP) is 3.38. The van der Waals surface area contributed by atoms with Gasteiger partial charge in [0.2, 0.25) is 0 Å². The highest BCUT2D eigenvalue weighted by atomic mass is 35.5. The molecule has 0 saturated heterocycles. The van der Waals surface area contributed by atoms with Crippen LogP contribution in [0.5, 0.6) is 5.75 Å². The van der Waals surface area contributed by atoms with E-state index in [1.165, 1.54) is 6.07 Å². The van der Waals surface area contributed by atoms with Crippen molar-refractivity contribution >= 4 is 11.6 Å². The summed E-state index contributed by atoms with van der Waals surface area (Å²) in [6, 6.07) is 5.04. The van der Waals surface area contributed by atoms with Crippen LogP contribution in [0.2, 0.25) is 5.02 Å². The maximum absolute atomic E-state index is 14.0. The zero-order valence-electron chi connectivity index (χ0n) is 12.6. The fraction of sp³-hybridized carbons (Fsp3) is 0.400. The second-order valence-corrected chi connectivity index (χ2v) is 5.34. The first kappa shape index (κ1) is 15.8. The maximum Gasteiger partial charge on any atom is 0.165 e. The Morgan fingerprint density at radius 1 is 1.48 bits per heavy atom. The molecule has 1 heterocycles. The summed E-state index contributed by atoms with van der Waals surface area (Å²) in [5.41, 5.74) is 2.33. The Bertz CT molecular complexity index is 642. The minimum Gasteiger partial charge on any atom is -0.484 e. The van der Waals surface area contributed by atoms with E-state index in [0.717, 1.165) is 17.0 Å². The number of hydrogen-bond donors (Lipinski definition) is 1. The Balaban J connectivity index is 2.13. The molecule has 1 unspecified atom stereocenters. The summed E-state index contributed by atoms with van der Waals surface area (Å²) in [5.74, 6) is -0.179. The third-order valence-electron chi connectivity index (χ3n) is 3.51. The molecular formula is C15H19ClFN3O. The largest absolute Gasteiger partial charge is 0.484 e. The number of nitrogens with one attached hydrogen (secondary N) is 1. The maximum atomic E-state index is 14.0. The van der Waals surface area contributed by atoms with Crippen LogP contribution in [0.25, 0.3) is 0 Å². The molecule has 1 aromatic carbocycles. The molecule has 4 nitrogen and oxygen atoms in total. The van der Waals surface area contributed by atoms with Gasteiger partial charge in [0.15, 0.2) is 11.6 Å². The lowest BCUT2D eigenvalue weighted by atomic mass is 10.1. The van der Waals surface area contributed by atoms with E-state index in [1.54, 1.807) is 17.8 Å². The Kier molecular flexibility index (Phi) is 4.85. The molecule has 0 fully saturated rings. The topological polar surface area (TPSA) is 39.1 Å². The first-order chi connectivity index (χ1) is 9.93. The van der Waals surface area contributed by atoms with Crippen molar-refractivity contribution < 1.29 is 9.13 Å². The quantitative estimate of drug-likeness (QED) is 0.920. The molecule has 1 N–H and O–H groups in total. The molecule has 2 rings (SSSR count). The summed E-state index contributed by atoms with van der Waals surface area (Å²) in [6.45, 7) is 3.96. The van der Waals surface area contributed by atoms with E-state index in [0.29, 0.717) is 5.02 Å². The lowest BCUT2D eigenvalue weighted by Crippen LogP contribution is -2.12. The zero-order chi connectivity index (χ0) is 15.6. The van der Waals surface area contributed by atoms with E-state index < -0.39 is 0 Å². The van der Waals surface area contributed by atoms with Crippen LogP contribution in [0.15, 0.2) is 18.2 Å². The number of aromatic nitrogens is 2. The van der Waals surface area contributed by atoms with Crippen molar-refractivity contribution in [3.05, 3.63) is 46.0 Å². The van der Waals surface area contributed by atoms with Gasteiger partial charge in [-0.05, 0) is 38.6 Å². The fourth-order valence-electron chi connectivity index (χ4n) is 2.05. The van der Waals surface area contributed by atoms with Crippen LogP contribution in [0, 0.1) is 12.7 Å². The predicted molar refractivity (Wildman–Crippen MR) is 81.2 cm³/mol. The Morgan fingerprint density at radius 3 is 2.71 bits per heavy atom. The highest BCUT2D eigenvalue weighted by Gasteiger charge is 2.13. The Hall–Kier alpha value is -1.59. The van der Waals surface area contributed by atoms with E-state index >= 15 is 0 Å². The molecule has 0 bridgehead atoms. The van der Waals surface area contributed by atoms with E-state index in [4.69, 9.17) is 16.3 Å². The molecular weight excluding hydrogens is 293 g/mol. The standard InChI is InChI=1S/C15H19ClFN3O/c1-9(18-3)11-5-6-14(12(17)7-11)21-8-13-15(16)10(2)19-20(13)4/h5-7,9,18H,8H2,1-4H3. The van der Waals surface area contributed by atoms with Crippen molar-refractivity contribution in [2.45, 2.75) is 26.5 Å². The van der Waals surface area contributed by atoms with E-state index in [2.05, 4.69) is 10.4 Å². The smallest absolute Gasteiger partial charge is 0.165 e. The number of halogens is 2. The first-order valence-corrected chi connectivity index (χ1v) is 7.09. The molecule has 21 heavy (non-hydrogen) atoms. The van der Waals surface area contributed by atoms with Crippen LogP contribution in [-0.4, -0.2) is 16.8 Å². The van der Waals surface area contributed by atoms with Gasteiger partial charge in [0.1, 0.15) is 6.61 Å². The molecule has 2 aromatic rings. The van der Waals surface area contributed by atoms with Gasteiger partial charge in [-0.15, -0.1) is 0 Å². The van der Waals surface area contributed by atoms with E-state index in [1.807, 2.05) is 27.0 Å². The van der Waals surface area contributed by atoms with Gasteiger partial charge in [-0.25, -0.2) is 4.39 Å². The van der Waals surface area contributed by atoms with Crippen molar-refractivity contribution in [1.29, 1.82) is 0 Å². The van der Waals surface area contributed by atoms with E-state index in [9.17, 15) is 4.39 Å². The minimum atomic E-state index is -0.385. The van der Waals surface area contributed by atoms with Crippen LogP contribution in [0.1, 0.15) is 29.9 Å². The van der Waals surface area contributed by atoms with Gasteiger partial charge in [0.25, 0.3) is 0 Å². The lowest BCUT2D eigenvalue weighted by molar-refractivity contribution is 0.280. The molecule has 0 aliphatic carbocycles. The molecule has 0 amide bonds. The molecule has 0 saturated carbocycles. The van der Waals surface area contributed by atoms with Gasteiger partial charge in [-0.3, -0.25) is 4.68 Å². The van der Waals surface area contributed by atoms with Crippen molar-refractivity contribution in [1.82, 2.24) is 15.1 Å². The number of ether oxygens (including phenoxy) is 1. The van der Waals surface area contributed by atoms with Gasteiger partial charge in [0.05, 0.1) is 16.4 Å². The van der Waals surface area contributed by atoms with Gasteiger partial charge in [-0.2, -0.15) is 5.10 Å². The third-order valence-corrected chi connectivity index (χ3v) is 4.01. The Labute approximate surface area is 128 Å². The highest BCUT2D eigenvalue weighted by Crippen LogP contribution is 2.25. The Morgan fingerprint density at radius 2 is 2.19 bits per heavy atom. The van der Waals surface area contributed by atoms with Crippen molar-refractivity contribution in [3.8, 4) is 5.75 Å².